The van der Waals surface area contributed by atoms with Crippen LogP contribution < -0.4 is 0 Å². The Labute approximate surface area is 206 Å². The second kappa shape index (κ2) is 9.84. The third kappa shape index (κ3) is 5.74. The summed E-state index contributed by atoms with van der Waals surface area (Å²) in [4.78, 5) is 20.8. The Morgan fingerprint density at radius 1 is 1.31 bits per heavy atom. The minimum absolute atomic E-state index is 0.0565. The number of aromatic nitrogens is 5. The van der Waals surface area contributed by atoms with Gasteiger partial charge in [-0.1, -0.05) is 6.42 Å². The number of rotatable bonds is 5. The number of nitrogens with zero attached hydrogens (tertiary/aromatic N) is 6. The van der Waals surface area contributed by atoms with E-state index in [1.165, 1.54) is 13.3 Å². The molecule has 35 heavy (non-hydrogen) atoms. The summed E-state index contributed by atoms with van der Waals surface area (Å²) in [6.07, 6.45) is 7.12. The van der Waals surface area contributed by atoms with Crippen molar-refractivity contribution in [3.8, 4) is 17.3 Å². The van der Waals surface area contributed by atoms with Gasteiger partial charge in [-0.15, -0.1) is 0 Å². The number of fused-ring (bicyclic) bond motifs is 1. The van der Waals surface area contributed by atoms with Crippen LogP contribution in [0.2, 0.25) is 5.21 Å². The van der Waals surface area contributed by atoms with E-state index < -0.39 is 16.4 Å². The maximum Gasteiger partial charge on any atom is 0.312 e. The number of aliphatic hydroxyl groups is 2. The van der Waals surface area contributed by atoms with Crippen LogP contribution in [0, 0.1) is 22.7 Å². The van der Waals surface area contributed by atoms with Gasteiger partial charge in [0.1, 0.15) is 12.0 Å². The van der Waals surface area contributed by atoms with Crippen LogP contribution in [0.3, 0.4) is 0 Å². The molecule has 1 saturated carbocycles. The predicted octanol–water partition coefficient (Wildman–Crippen LogP) is 1.92. The molecule has 1 unspecified atom stereocenters. The van der Waals surface area contributed by atoms with Crippen molar-refractivity contribution in [2.75, 3.05) is 0 Å². The van der Waals surface area contributed by atoms with Gasteiger partial charge in [-0.25, -0.2) is 9.97 Å². The summed E-state index contributed by atoms with van der Waals surface area (Å²) in [5, 5.41) is 31.0. The van der Waals surface area contributed by atoms with E-state index in [9.17, 15) is 15.0 Å². The SMILES string of the molecule is CC#N.[B]C1([B])CC(Cn2cc(-c3ncnc4c3ccn4COC(=O)C(C)(C)C)cn2)CC1(O)O. The van der Waals surface area contributed by atoms with Gasteiger partial charge in [0.15, 0.2) is 12.5 Å². The molecule has 0 aromatic carbocycles. The Hall–Kier alpha value is -3.16. The van der Waals surface area contributed by atoms with Crippen molar-refractivity contribution in [1.29, 1.82) is 5.26 Å². The highest BCUT2D eigenvalue weighted by Gasteiger charge is 2.49. The molecule has 0 spiro atoms. The fourth-order valence-corrected chi connectivity index (χ4v) is 3.97. The molecule has 4 radical (unpaired) electrons. The van der Waals surface area contributed by atoms with Gasteiger partial charge in [-0.3, -0.25) is 14.0 Å². The first-order chi connectivity index (χ1) is 16.3. The van der Waals surface area contributed by atoms with Crippen molar-refractivity contribution >= 4 is 32.7 Å². The number of nitriles is 1. The molecule has 0 amide bonds. The Morgan fingerprint density at radius 2 is 2.00 bits per heavy atom. The molecule has 3 aromatic heterocycles. The van der Waals surface area contributed by atoms with Gasteiger partial charge in [0.2, 0.25) is 0 Å². The number of carbonyl (C=O) groups excluding carboxylic acids is 1. The number of ether oxygens (including phenoxy) is 1. The lowest BCUT2D eigenvalue weighted by atomic mass is 9.50. The van der Waals surface area contributed by atoms with E-state index in [0.717, 1.165) is 10.9 Å². The molecular weight excluding hydrogens is 446 g/mol. The Morgan fingerprint density at radius 3 is 2.60 bits per heavy atom. The van der Waals surface area contributed by atoms with Gasteiger partial charge in [-0.2, -0.15) is 10.4 Å². The molecule has 0 bridgehead atoms. The second-order valence-corrected chi connectivity index (χ2v) is 9.86. The van der Waals surface area contributed by atoms with E-state index in [-0.39, 0.29) is 31.5 Å². The summed E-state index contributed by atoms with van der Waals surface area (Å²) in [6.45, 7) is 7.33. The standard InChI is InChI=1S/C21H25B2N5O4.C2H3N/c1-19(2,3)18(29)32-12-27-5-4-15-16(24-11-25-17(15)27)14-8-26-28(10-14)9-13-6-20(22,23)21(30,31)7-13;1-2-3/h4-5,8,10-11,13,30-31H,6-7,9,12H2,1-3H3;1H3. The van der Waals surface area contributed by atoms with E-state index in [4.69, 9.17) is 25.7 Å². The molecule has 3 heterocycles. The van der Waals surface area contributed by atoms with Crippen LogP contribution in [0.15, 0.2) is 31.0 Å². The zero-order chi connectivity index (χ0) is 26.0. The molecule has 12 heteroatoms. The topological polar surface area (TPSA) is 139 Å². The van der Waals surface area contributed by atoms with Gasteiger partial charge in [0.05, 0.1) is 39.1 Å². The molecule has 1 aliphatic rings. The first-order valence-electron chi connectivity index (χ1n) is 11.1. The molecule has 0 saturated heterocycles. The molecule has 4 rings (SSSR count). The summed E-state index contributed by atoms with van der Waals surface area (Å²) in [5.41, 5.74) is 1.53. The third-order valence-electron chi connectivity index (χ3n) is 5.80. The summed E-state index contributed by atoms with van der Waals surface area (Å²) in [5.74, 6) is -2.53. The van der Waals surface area contributed by atoms with Crippen molar-refractivity contribution < 1.29 is 19.7 Å². The van der Waals surface area contributed by atoms with Crippen LogP contribution in [0.5, 0.6) is 0 Å². The van der Waals surface area contributed by atoms with E-state index in [2.05, 4.69) is 15.1 Å². The monoisotopic (exact) mass is 474 g/mol. The molecule has 10 nitrogen and oxygen atoms in total. The van der Waals surface area contributed by atoms with Crippen LogP contribution in [0.4, 0.5) is 0 Å². The summed E-state index contributed by atoms with van der Waals surface area (Å²) < 4.78 is 8.87. The van der Waals surface area contributed by atoms with E-state index in [1.807, 2.05) is 12.3 Å². The van der Waals surface area contributed by atoms with Gasteiger partial charge >= 0.3 is 5.97 Å². The van der Waals surface area contributed by atoms with Gasteiger partial charge in [0.25, 0.3) is 0 Å². The van der Waals surface area contributed by atoms with Crippen LogP contribution in [-0.2, 0) is 22.8 Å². The van der Waals surface area contributed by atoms with Gasteiger partial charge in [-0.05, 0) is 38.0 Å². The average molecular weight is 474 g/mol. The number of hydrogen-bond donors (Lipinski definition) is 2. The number of carbonyl (C=O) groups is 1. The van der Waals surface area contributed by atoms with Crippen LogP contribution in [0.1, 0.15) is 40.5 Å². The molecule has 1 fully saturated rings. The Balaban J connectivity index is 0.00000108. The predicted molar refractivity (Wildman–Crippen MR) is 130 cm³/mol. The van der Waals surface area contributed by atoms with Gasteiger partial charge < -0.3 is 14.9 Å². The highest BCUT2D eigenvalue weighted by Crippen LogP contribution is 2.49. The molecule has 2 N–H and O–H groups in total. The first kappa shape index (κ1) is 26.4. The maximum absolute atomic E-state index is 12.1. The minimum atomic E-state index is -2.11. The lowest BCUT2D eigenvalue weighted by molar-refractivity contribution is -0.163. The number of hydrogen-bond acceptors (Lipinski definition) is 8. The van der Waals surface area contributed by atoms with Crippen LogP contribution in [0.25, 0.3) is 22.3 Å². The molecule has 180 valence electrons. The minimum Gasteiger partial charge on any atom is -0.443 e. The zero-order valence-corrected chi connectivity index (χ0v) is 20.3. The van der Waals surface area contributed by atoms with Crippen molar-refractivity contribution in [2.45, 2.75) is 64.8 Å². The lowest BCUT2D eigenvalue weighted by Gasteiger charge is -2.31. The summed E-state index contributed by atoms with van der Waals surface area (Å²) in [7, 11) is 11.6. The fourth-order valence-electron chi connectivity index (χ4n) is 3.97. The molecule has 0 aliphatic heterocycles. The molecule has 1 aliphatic carbocycles. The quantitative estimate of drug-likeness (QED) is 0.325. The van der Waals surface area contributed by atoms with Crippen LogP contribution >= 0.6 is 0 Å². The van der Waals surface area contributed by atoms with Gasteiger partial charge in [0, 0.05) is 43.2 Å². The van der Waals surface area contributed by atoms with E-state index in [1.54, 1.807) is 48.5 Å². The normalized spacial score (nSPS) is 18.5. The average Bonchev–Trinajstić information content (AvgIpc) is 3.42. The zero-order valence-electron chi connectivity index (χ0n) is 20.3. The summed E-state index contributed by atoms with van der Waals surface area (Å²) >= 11 is 0. The third-order valence-corrected chi connectivity index (χ3v) is 5.80. The highest BCUT2D eigenvalue weighted by molar-refractivity contribution is 6.40. The van der Waals surface area contributed by atoms with Crippen molar-refractivity contribution in [3.63, 3.8) is 0 Å². The van der Waals surface area contributed by atoms with Crippen molar-refractivity contribution in [1.82, 2.24) is 24.3 Å². The maximum atomic E-state index is 12.1. The van der Waals surface area contributed by atoms with E-state index in [0.29, 0.717) is 17.9 Å². The second-order valence-electron chi connectivity index (χ2n) is 9.86. The number of esters is 1. The van der Waals surface area contributed by atoms with Crippen LogP contribution in [-0.4, -0.2) is 62.0 Å². The molecular formula is C23H28B2N6O4. The molecule has 1 atom stereocenters. The lowest BCUT2D eigenvalue weighted by Crippen LogP contribution is -2.39. The van der Waals surface area contributed by atoms with Crippen molar-refractivity contribution in [3.05, 3.63) is 31.0 Å². The Kier molecular flexibility index (Phi) is 7.43. The smallest absolute Gasteiger partial charge is 0.312 e. The fraction of sp³-hybridized carbons (Fsp3) is 0.522. The largest absolute Gasteiger partial charge is 0.443 e. The highest BCUT2D eigenvalue weighted by atomic mass is 16.5. The van der Waals surface area contributed by atoms with Crippen molar-refractivity contribution in [2.24, 2.45) is 11.3 Å². The van der Waals surface area contributed by atoms with E-state index >= 15 is 0 Å². The summed E-state index contributed by atoms with van der Waals surface area (Å²) in [6, 6.07) is 3.62. The Bertz CT molecular complexity index is 1220. The molecule has 3 aromatic rings. The first-order valence-corrected chi connectivity index (χ1v) is 11.1.